The summed E-state index contributed by atoms with van der Waals surface area (Å²) in [6.07, 6.45) is 3.50. The molecule has 31 heavy (non-hydrogen) atoms. The maximum atomic E-state index is 13.2. The Bertz CT molecular complexity index is 1030. The summed E-state index contributed by atoms with van der Waals surface area (Å²) >= 11 is 1.21. The van der Waals surface area contributed by atoms with E-state index in [0.717, 1.165) is 24.9 Å². The van der Waals surface area contributed by atoms with Crippen LogP contribution in [0.4, 0.5) is 10.1 Å². The molecular weight excluding hydrogens is 415 g/mol. The zero-order valence-electron chi connectivity index (χ0n) is 17.2. The number of hydrogen-bond donors (Lipinski definition) is 0. The van der Waals surface area contributed by atoms with E-state index in [2.05, 4.69) is 34.6 Å². The van der Waals surface area contributed by atoms with Crippen molar-refractivity contribution in [1.82, 2.24) is 20.2 Å². The number of carbonyl (C=O) groups is 1. The third-order valence-corrected chi connectivity index (χ3v) is 5.56. The van der Waals surface area contributed by atoms with Gasteiger partial charge in [-0.15, -0.1) is 5.10 Å². The fourth-order valence-corrected chi connectivity index (χ4v) is 3.77. The van der Waals surface area contributed by atoms with Crippen LogP contribution >= 0.6 is 11.8 Å². The molecule has 1 heterocycles. The standard InChI is InChI=1S/C22H23FN6OS/c1-2-3-5-17-6-10-20(11-7-17)29-22(25-26-27-29)31-16-21(30)28(15-4-14-24)19-12-8-18(23)9-13-19/h6-13H,2-5,15-16H2,1H3. The molecule has 0 saturated heterocycles. The zero-order valence-corrected chi connectivity index (χ0v) is 18.1. The average molecular weight is 439 g/mol. The molecule has 0 atom stereocenters. The van der Waals surface area contributed by atoms with Gasteiger partial charge in [0, 0.05) is 12.2 Å². The Kier molecular flexibility index (Phi) is 8.12. The van der Waals surface area contributed by atoms with Crippen LogP contribution in [-0.2, 0) is 11.2 Å². The number of halogens is 1. The summed E-state index contributed by atoms with van der Waals surface area (Å²) in [4.78, 5) is 14.3. The number of aryl methyl sites for hydroxylation is 1. The van der Waals surface area contributed by atoms with Crippen LogP contribution in [0.3, 0.4) is 0 Å². The molecule has 9 heteroatoms. The molecule has 0 saturated carbocycles. The number of benzene rings is 2. The van der Waals surface area contributed by atoms with Gasteiger partial charge in [0.15, 0.2) is 0 Å². The van der Waals surface area contributed by atoms with Crippen molar-refractivity contribution < 1.29 is 9.18 Å². The first-order valence-electron chi connectivity index (χ1n) is 10.1. The molecule has 7 nitrogen and oxygen atoms in total. The highest BCUT2D eigenvalue weighted by Crippen LogP contribution is 2.22. The first-order chi connectivity index (χ1) is 15.1. The molecule has 0 aliphatic rings. The maximum absolute atomic E-state index is 13.2. The molecule has 0 radical (unpaired) electrons. The molecular formula is C22H23FN6OS. The number of carbonyl (C=O) groups excluding carboxylic acids is 1. The average Bonchev–Trinajstić information content (AvgIpc) is 3.26. The molecule has 1 amide bonds. The van der Waals surface area contributed by atoms with E-state index in [1.807, 2.05) is 18.2 Å². The Morgan fingerprint density at radius 3 is 2.61 bits per heavy atom. The fraction of sp³-hybridized carbons (Fsp3) is 0.318. The van der Waals surface area contributed by atoms with Crippen molar-refractivity contribution in [2.75, 3.05) is 17.2 Å². The van der Waals surface area contributed by atoms with Gasteiger partial charge in [0.1, 0.15) is 5.82 Å². The molecule has 1 aromatic heterocycles. The summed E-state index contributed by atoms with van der Waals surface area (Å²) in [5, 5.41) is 21.2. The van der Waals surface area contributed by atoms with E-state index in [-0.39, 0.29) is 30.4 Å². The van der Waals surface area contributed by atoms with E-state index in [0.29, 0.717) is 10.8 Å². The number of nitrogens with zero attached hydrogens (tertiary/aromatic N) is 6. The Hall–Kier alpha value is -3.25. The van der Waals surface area contributed by atoms with Crippen LogP contribution < -0.4 is 4.90 Å². The van der Waals surface area contributed by atoms with Gasteiger partial charge in [-0.2, -0.15) is 9.94 Å². The SMILES string of the molecule is CCCCc1ccc(-n2nnnc2SCC(=O)N(CCC#N)c2ccc(F)cc2)cc1. The van der Waals surface area contributed by atoms with Crippen LogP contribution in [0, 0.1) is 17.1 Å². The van der Waals surface area contributed by atoms with E-state index >= 15 is 0 Å². The summed E-state index contributed by atoms with van der Waals surface area (Å²) in [5.74, 6) is -0.514. The van der Waals surface area contributed by atoms with Crippen molar-refractivity contribution in [3.63, 3.8) is 0 Å². The summed E-state index contributed by atoms with van der Waals surface area (Å²) in [6, 6.07) is 15.7. The van der Waals surface area contributed by atoms with Gasteiger partial charge in [0.05, 0.1) is 23.9 Å². The molecule has 0 aliphatic carbocycles. The fourth-order valence-electron chi connectivity index (χ4n) is 3.00. The van der Waals surface area contributed by atoms with Crippen molar-refractivity contribution in [2.24, 2.45) is 0 Å². The number of thioether (sulfide) groups is 1. The van der Waals surface area contributed by atoms with Crippen LogP contribution in [0.25, 0.3) is 5.69 Å². The molecule has 0 aliphatic heterocycles. The number of hydrogen-bond acceptors (Lipinski definition) is 6. The third kappa shape index (κ3) is 6.12. The van der Waals surface area contributed by atoms with Crippen molar-refractivity contribution in [3.05, 3.63) is 59.9 Å². The summed E-state index contributed by atoms with van der Waals surface area (Å²) in [6.45, 7) is 2.39. The van der Waals surface area contributed by atoms with Crippen molar-refractivity contribution >= 4 is 23.4 Å². The lowest BCUT2D eigenvalue weighted by atomic mass is 10.1. The maximum Gasteiger partial charge on any atom is 0.237 e. The van der Waals surface area contributed by atoms with Gasteiger partial charge in [-0.3, -0.25) is 4.79 Å². The van der Waals surface area contributed by atoms with E-state index in [1.165, 1.54) is 46.5 Å². The monoisotopic (exact) mass is 438 g/mol. The summed E-state index contributed by atoms with van der Waals surface area (Å²) in [5.41, 5.74) is 2.63. The number of unbranched alkanes of at least 4 members (excludes halogenated alkanes) is 1. The van der Waals surface area contributed by atoms with Gasteiger partial charge in [0.2, 0.25) is 11.1 Å². The molecule has 3 aromatic rings. The third-order valence-electron chi connectivity index (χ3n) is 4.65. The quantitative estimate of drug-likeness (QED) is 0.441. The zero-order chi connectivity index (χ0) is 22.1. The van der Waals surface area contributed by atoms with Gasteiger partial charge >= 0.3 is 0 Å². The highest BCUT2D eigenvalue weighted by molar-refractivity contribution is 7.99. The first kappa shape index (κ1) is 22.4. The largest absolute Gasteiger partial charge is 0.311 e. The van der Waals surface area contributed by atoms with Gasteiger partial charge in [-0.25, -0.2) is 4.39 Å². The van der Waals surface area contributed by atoms with Crippen LogP contribution in [-0.4, -0.2) is 38.4 Å². The van der Waals surface area contributed by atoms with Crippen LogP contribution in [0.5, 0.6) is 0 Å². The minimum atomic E-state index is -0.384. The number of anilines is 1. The summed E-state index contributed by atoms with van der Waals surface area (Å²) in [7, 11) is 0. The van der Waals surface area contributed by atoms with Crippen LogP contribution in [0.1, 0.15) is 31.7 Å². The molecule has 0 bridgehead atoms. The second-order valence-electron chi connectivity index (χ2n) is 6.86. The molecule has 0 spiro atoms. The lowest BCUT2D eigenvalue weighted by Crippen LogP contribution is -2.33. The van der Waals surface area contributed by atoms with Crippen molar-refractivity contribution in [2.45, 2.75) is 37.8 Å². The molecule has 0 fully saturated rings. The lowest BCUT2D eigenvalue weighted by molar-refractivity contribution is -0.116. The molecule has 0 N–H and O–H groups in total. The Labute approximate surface area is 184 Å². The number of nitriles is 1. The number of rotatable bonds is 10. The van der Waals surface area contributed by atoms with Crippen LogP contribution in [0.2, 0.25) is 0 Å². The second kappa shape index (κ2) is 11.2. The van der Waals surface area contributed by atoms with Gasteiger partial charge in [-0.05, 0) is 65.2 Å². The van der Waals surface area contributed by atoms with Gasteiger partial charge < -0.3 is 4.90 Å². The molecule has 160 valence electrons. The van der Waals surface area contributed by atoms with Gasteiger partial charge in [0.25, 0.3) is 0 Å². The number of amides is 1. The number of aromatic nitrogens is 4. The lowest BCUT2D eigenvalue weighted by Gasteiger charge is -2.21. The molecule has 3 rings (SSSR count). The predicted molar refractivity (Wildman–Crippen MR) is 117 cm³/mol. The highest BCUT2D eigenvalue weighted by Gasteiger charge is 2.18. The summed E-state index contributed by atoms with van der Waals surface area (Å²) < 4.78 is 14.8. The Morgan fingerprint density at radius 2 is 1.94 bits per heavy atom. The molecule has 0 unspecified atom stereocenters. The predicted octanol–water partition coefficient (Wildman–Crippen LogP) is 4.18. The van der Waals surface area contributed by atoms with E-state index in [4.69, 9.17) is 5.26 Å². The second-order valence-corrected chi connectivity index (χ2v) is 7.80. The van der Waals surface area contributed by atoms with Crippen molar-refractivity contribution in [1.29, 1.82) is 5.26 Å². The van der Waals surface area contributed by atoms with E-state index in [9.17, 15) is 9.18 Å². The Balaban J connectivity index is 1.69. The molecule has 2 aromatic carbocycles. The minimum absolute atomic E-state index is 0.0811. The highest BCUT2D eigenvalue weighted by atomic mass is 32.2. The Morgan fingerprint density at radius 1 is 1.19 bits per heavy atom. The number of tetrazole rings is 1. The van der Waals surface area contributed by atoms with E-state index < -0.39 is 0 Å². The smallest absolute Gasteiger partial charge is 0.237 e. The van der Waals surface area contributed by atoms with E-state index in [1.54, 1.807) is 4.68 Å². The minimum Gasteiger partial charge on any atom is -0.311 e. The van der Waals surface area contributed by atoms with Crippen LogP contribution in [0.15, 0.2) is 53.7 Å². The van der Waals surface area contributed by atoms with Crippen molar-refractivity contribution in [3.8, 4) is 11.8 Å². The normalized spacial score (nSPS) is 10.6. The topological polar surface area (TPSA) is 87.7 Å². The van der Waals surface area contributed by atoms with Gasteiger partial charge in [-0.1, -0.05) is 37.2 Å². The first-order valence-corrected chi connectivity index (χ1v) is 11.0.